The van der Waals surface area contributed by atoms with Gasteiger partial charge in [0.1, 0.15) is 16.9 Å². The summed E-state index contributed by atoms with van der Waals surface area (Å²) < 4.78 is 10.5. The van der Waals surface area contributed by atoms with E-state index in [1.165, 1.54) is 4.90 Å². The molecule has 1 aromatic carbocycles. The topological polar surface area (TPSA) is 88.2 Å². The van der Waals surface area contributed by atoms with Crippen molar-refractivity contribution >= 4 is 18.0 Å². The van der Waals surface area contributed by atoms with Crippen molar-refractivity contribution in [2.75, 3.05) is 26.7 Å². The van der Waals surface area contributed by atoms with Crippen molar-refractivity contribution in [3.63, 3.8) is 0 Å². The first-order valence-corrected chi connectivity index (χ1v) is 9.88. The van der Waals surface area contributed by atoms with E-state index in [2.05, 4.69) is 5.32 Å². The van der Waals surface area contributed by atoms with E-state index in [0.717, 1.165) is 11.3 Å². The molecule has 158 valence electrons. The van der Waals surface area contributed by atoms with Crippen molar-refractivity contribution in [3.05, 3.63) is 29.8 Å². The van der Waals surface area contributed by atoms with Crippen molar-refractivity contribution in [1.82, 2.24) is 15.1 Å². The molecule has 2 aliphatic heterocycles. The van der Waals surface area contributed by atoms with Gasteiger partial charge in [-0.15, -0.1) is 0 Å². The van der Waals surface area contributed by atoms with Crippen LogP contribution < -0.4 is 10.1 Å². The standard InChI is InChI=1S/C21H29N3O5/c1-20(2,3)29-19(27)23-13-10-21(11-14-23)17(25)24(18(26)22-21)12-9-15-5-7-16(28-4)8-6-15/h5-8H,9-14H2,1-4H3,(H,22,26). The van der Waals surface area contributed by atoms with Gasteiger partial charge in [-0.1, -0.05) is 12.1 Å². The number of carbonyl (C=O) groups is 3. The van der Waals surface area contributed by atoms with Gasteiger partial charge in [0.2, 0.25) is 0 Å². The lowest BCUT2D eigenvalue weighted by Crippen LogP contribution is -2.56. The summed E-state index contributed by atoms with van der Waals surface area (Å²) in [5, 5.41) is 2.87. The number of hydrogen-bond donors (Lipinski definition) is 1. The molecule has 3 rings (SSSR count). The normalized spacial score (nSPS) is 18.8. The van der Waals surface area contributed by atoms with E-state index in [1.54, 1.807) is 12.0 Å². The van der Waals surface area contributed by atoms with Gasteiger partial charge in [0.25, 0.3) is 5.91 Å². The fourth-order valence-corrected chi connectivity index (χ4v) is 3.65. The predicted octanol–water partition coefficient (Wildman–Crippen LogP) is 2.56. The number of amides is 4. The van der Waals surface area contributed by atoms with Gasteiger partial charge >= 0.3 is 12.1 Å². The molecule has 2 saturated heterocycles. The number of carbonyl (C=O) groups excluding carboxylic acids is 3. The molecule has 2 aliphatic rings. The number of benzene rings is 1. The first kappa shape index (κ1) is 21.0. The van der Waals surface area contributed by atoms with Crippen molar-refractivity contribution in [3.8, 4) is 5.75 Å². The van der Waals surface area contributed by atoms with E-state index in [-0.39, 0.29) is 18.0 Å². The van der Waals surface area contributed by atoms with Crippen LogP contribution in [0.25, 0.3) is 0 Å². The average molecular weight is 403 g/mol. The minimum absolute atomic E-state index is 0.208. The van der Waals surface area contributed by atoms with Gasteiger partial charge in [-0.25, -0.2) is 9.59 Å². The fraction of sp³-hybridized carbons (Fsp3) is 0.571. The Morgan fingerprint density at radius 3 is 2.31 bits per heavy atom. The summed E-state index contributed by atoms with van der Waals surface area (Å²) in [5.74, 6) is 0.555. The molecule has 4 amide bonds. The third-order valence-electron chi connectivity index (χ3n) is 5.30. The molecule has 1 N–H and O–H groups in total. The van der Waals surface area contributed by atoms with Crippen LogP contribution >= 0.6 is 0 Å². The summed E-state index contributed by atoms with van der Waals surface area (Å²) in [6, 6.07) is 7.19. The average Bonchev–Trinajstić information content (AvgIpc) is 2.89. The van der Waals surface area contributed by atoms with Crippen molar-refractivity contribution < 1.29 is 23.9 Å². The Labute approximate surface area is 171 Å². The van der Waals surface area contributed by atoms with Gasteiger partial charge in [0, 0.05) is 19.6 Å². The van der Waals surface area contributed by atoms with Crippen LogP contribution in [0.5, 0.6) is 5.75 Å². The minimum atomic E-state index is -0.921. The number of piperidine rings is 1. The van der Waals surface area contributed by atoms with E-state index in [4.69, 9.17) is 9.47 Å². The first-order chi connectivity index (χ1) is 13.6. The molecular weight excluding hydrogens is 374 g/mol. The largest absolute Gasteiger partial charge is 0.497 e. The predicted molar refractivity (Wildman–Crippen MR) is 107 cm³/mol. The molecule has 8 nitrogen and oxygen atoms in total. The number of likely N-dealkylation sites (tertiary alicyclic amines) is 1. The quantitative estimate of drug-likeness (QED) is 0.781. The van der Waals surface area contributed by atoms with Gasteiger partial charge < -0.3 is 19.7 Å². The SMILES string of the molecule is COc1ccc(CCN2C(=O)NC3(CCN(C(=O)OC(C)(C)C)CC3)C2=O)cc1. The highest BCUT2D eigenvalue weighted by atomic mass is 16.6. The molecule has 2 fully saturated rings. The maximum absolute atomic E-state index is 13.0. The Bertz CT molecular complexity index is 777. The molecule has 0 unspecified atom stereocenters. The molecule has 0 saturated carbocycles. The van der Waals surface area contributed by atoms with Crippen LogP contribution in [0.15, 0.2) is 24.3 Å². The molecule has 0 radical (unpaired) electrons. The first-order valence-electron chi connectivity index (χ1n) is 9.88. The lowest BCUT2D eigenvalue weighted by Gasteiger charge is -2.37. The molecule has 1 aromatic rings. The van der Waals surface area contributed by atoms with E-state index in [1.807, 2.05) is 45.0 Å². The van der Waals surface area contributed by atoms with Crippen LogP contribution in [0, 0.1) is 0 Å². The maximum Gasteiger partial charge on any atom is 0.410 e. The van der Waals surface area contributed by atoms with Crippen molar-refractivity contribution in [1.29, 1.82) is 0 Å². The molecule has 2 heterocycles. The molecule has 0 bridgehead atoms. The molecule has 1 spiro atoms. The fourth-order valence-electron chi connectivity index (χ4n) is 3.65. The number of methoxy groups -OCH3 is 1. The second-order valence-electron chi connectivity index (χ2n) is 8.53. The summed E-state index contributed by atoms with van der Waals surface area (Å²) in [5.41, 5.74) is -0.468. The van der Waals surface area contributed by atoms with Crippen LogP contribution in [0.1, 0.15) is 39.2 Å². The molecule has 0 aliphatic carbocycles. The van der Waals surface area contributed by atoms with Crippen molar-refractivity contribution in [2.24, 2.45) is 0 Å². The summed E-state index contributed by atoms with van der Waals surface area (Å²) in [7, 11) is 1.61. The molecular formula is C21H29N3O5. The number of imide groups is 1. The summed E-state index contributed by atoms with van der Waals surface area (Å²) in [6.07, 6.45) is 0.954. The number of nitrogens with zero attached hydrogens (tertiary/aromatic N) is 2. The highest BCUT2D eigenvalue weighted by Crippen LogP contribution is 2.30. The number of nitrogens with one attached hydrogen (secondary N) is 1. The maximum atomic E-state index is 13.0. The number of ether oxygens (including phenoxy) is 2. The summed E-state index contributed by atoms with van der Waals surface area (Å²) in [6.45, 7) is 6.50. The highest BCUT2D eigenvalue weighted by molar-refractivity contribution is 6.07. The summed E-state index contributed by atoms with van der Waals surface area (Å²) in [4.78, 5) is 40.6. The zero-order valence-corrected chi connectivity index (χ0v) is 17.5. The smallest absolute Gasteiger partial charge is 0.410 e. The van der Waals surface area contributed by atoms with Crippen LogP contribution in [0.2, 0.25) is 0 Å². The summed E-state index contributed by atoms with van der Waals surface area (Å²) >= 11 is 0. The van der Waals surface area contributed by atoms with Crippen molar-refractivity contribution in [2.45, 2.75) is 51.2 Å². The molecule has 0 atom stereocenters. The van der Waals surface area contributed by atoms with Gasteiger partial charge in [0.15, 0.2) is 0 Å². The Morgan fingerprint density at radius 1 is 1.14 bits per heavy atom. The van der Waals surface area contributed by atoms with E-state index in [0.29, 0.717) is 38.9 Å². The molecule has 29 heavy (non-hydrogen) atoms. The number of hydrogen-bond acceptors (Lipinski definition) is 5. The van der Waals surface area contributed by atoms with E-state index in [9.17, 15) is 14.4 Å². The zero-order valence-electron chi connectivity index (χ0n) is 17.5. The highest BCUT2D eigenvalue weighted by Gasteiger charge is 2.52. The molecule has 8 heteroatoms. The third-order valence-corrected chi connectivity index (χ3v) is 5.30. The monoisotopic (exact) mass is 403 g/mol. The van der Waals surface area contributed by atoms with E-state index < -0.39 is 11.1 Å². The number of rotatable bonds is 4. The Kier molecular flexibility index (Phi) is 5.73. The van der Waals surface area contributed by atoms with Gasteiger partial charge in [-0.3, -0.25) is 9.69 Å². The minimum Gasteiger partial charge on any atom is -0.497 e. The Balaban J connectivity index is 1.58. The zero-order chi connectivity index (χ0) is 21.2. The van der Waals surface area contributed by atoms with Crippen LogP contribution in [-0.2, 0) is 16.0 Å². The van der Waals surface area contributed by atoms with Crippen LogP contribution in [-0.4, -0.2) is 65.7 Å². The Morgan fingerprint density at radius 2 is 1.76 bits per heavy atom. The van der Waals surface area contributed by atoms with Gasteiger partial charge in [-0.2, -0.15) is 0 Å². The van der Waals surface area contributed by atoms with Crippen LogP contribution in [0.4, 0.5) is 9.59 Å². The second-order valence-corrected chi connectivity index (χ2v) is 8.53. The lowest BCUT2D eigenvalue weighted by atomic mass is 9.87. The van der Waals surface area contributed by atoms with Crippen LogP contribution in [0.3, 0.4) is 0 Å². The van der Waals surface area contributed by atoms with Gasteiger partial charge in [-0.05, 0) is 57.7 Å². The molecule has 0 aromatic heterocycles. The van der Waals surface area contributed by atoms with Gasteiger partial charge in [0.05, 0.1) is 7.11 Å². The third kappa shape index (κ3) is 4.63. The lowest BCUT2D eigenvalue weighted by molar-refractivity contribution is -0.133. The second kappa shape index (κ2) is 7.93. The number of urea groups is 1. The Hall–Kier alpha value is -2.77. The van der Waals surface area contributed by atoms with E-state index >= 15 is 0 Å².